The Balaban J connectivity index is 2.01. The molecule has 306 valence electrons. The van der Waals surface area contributed by atoms with Gasteiger partial charge < -0.3 is 35.6 Å². The van der Waals surface area contributed by atoms with Gasteiger partial charge in [-0.15, -0.1) is 0 Å². The fraction of sp³-hybridized carbons (Fsp3) is 0.850. The van der Waals surface area contributed by atoms with Crippen LogP contribution >= 0.6 is 0 Å². The van der Waals surface area contributed by atoms with Crippen LogP contribution < -0.4 is 16.0 Å². The molecule has 0 aromatic rings. The zero-order chi connectivity index (χ0) is 38.9. The number of hydrogen-bond acceptors (Lipinski definition) is 8. The minimum absolute atomic E-state index is 0.0165. The van der Waals surface area contributed by atoms with E-state index in [-0.39, 0.29) is 68.6 Å². The van der Waals surface area contributed by atoms with Gasteiger partial charge in [0.1, 0.15) is 12.6 Å². The summed E-state index contributed by atoms with van der Waals surface area (Å²) < 4.78 is 10.4. The summed E-state index contributed by atoms with van der Waals surface area (Å²) in [4.78, 5) is 70.4. The zero-order valence-corrected chi connectivity index (χ0v) is 32.6. The van der Waals surface area contributed by atoms with Gasteiger partial charge in [0, 0.05) is 38.3 Å². The number of rotatable bonds is 35. The molecule has 1 fully saturated rings. The molecule has 53 heavy (non-hydrogen) atoms. The third kappa shape index (κ3) is 29.0. The molecule has 0 aromatic heterocycles. The molecule has 0 heterocycles. The molecule has 0 aromatic carbocycles. The standard InChI is InChI=1S/C40H71N3O10/c1-32(44)31-53-29-28-52-27-26-41-37(46)25-24-35(40(50)51)43-39(49)34-22-20-33(21-23-34)30-42-36(45)18-16-14-12-10-8-6-4-2-3-5-7-9-11-13-15-17-19-38(47)48/h33-35H,2-31H2,1H3,(H,41,46)(H,42,45)(H,43,49)(H,47,48)(H,50,51)/t33-,34-,35-/m1/s1. The van der Waals surface area contributed by atoms with Crippen LogP contribution in [0.1, 0.15) is 161 Å². The van der Waals surface area contributed by atoms with E-state index >= 15 is 0 Å². The molecule has 1 rings (SSSR count). The number of Topliss-reactive ketones (excluding diaryl/α,β-unsaturated/α-hetero) is 1. The van der Waals surface area contributed by atoms with Crippen LogP contribution in [-0.4, -0.2) is 91.2 Å². The second kappa shape index (κ2) is 32.4. The first-order valence-corrected chi connectivity index (χ1v) is 20.5. The highest BCUT2D eigenvalue weighted by Gasteiger charge is 2.29. The largest absolute Gasteiger partial charge is 0.481 e. The van der Waals surface area contributed by atoms with Gasteiger partial charge in [0.15, 0.2) is 5.78 Å². The van der Waals surface area contributed by atoms with Gasteiger partial charge >= 0.3 is 11.9 Å². The molecule has 0 aliphatic heterocycles. The van der Waals surface area contributed by atoms with Gasteiger partial charge in [-0.3, -0.25) is 24.0 Å². The summed E-state index contributed by atoms with van der Waals surface area (Å²) in [6.07, 6.45) is 22.5. The summed E-state index contributed by atoms with van der Waals surface area (Å²) in [6, 6.07) is -1.15. The molecule has 13 nitrogen and oxygen atoms in total. The molecule has 3 amide bonds. The van der Waals surface area contributed by atoms with Gasteiger partial charge in [0.2, 0.25) is 17.7 Å². The minimum Gasteiger partial charge on any atom is -0.481 e. The highest BCUT2D eigenvalue weighted by Crippen LogP contribution is 2.29. The van der Waals surface area contributed by atoms with E-state index in [1.54, 1.807) is 0 Å². The molecule has 1 saturated carbocycles. The Bertz CT molecular complexity index is 1030. The number of ketones is 1. The van der Waals surface area contributed by atoms with Crippen molar-refractivity contribution in [3.8, 4) is 0 Å². The van der Waals surface area contributed by atoms with Crippen molar-refractivity contribution in [3.05, 3.63) is 0 Å². The van der Waals surface area contributed by atoms with Crippen molar-refractivity contribution in [2.24, 2.45) is 11.8 Å². The lowest BCUT2D eigenvalue weighted by atomic mass is 9.81. The third-order valence-corrected chi connectivity index (χ3v) is 9.87. The predicted molar refractivity (Wildman–Crippen MR) is 203 cm³/mol. The summed E-state index contributed by atoms with van der Waals surface area (Å²) in [5, 5.41) is 26.6. The Morgan fingerprint density at radius 1 is 0.604 bits per heavy atom. The molecule has 0 saturated heterocycles. The maximum atomic E-state index is 12.8. The predicted octanol–water partition coefficient (Wildman–Crippen LogP) is 6.10. The van der Waals surface area contributed by atoms with Gasteiger partial charge in [0.25, 0.3) is 0 Å². The summed E-state index contributed by atoms with van der Waals surface area (Å²) in [7, 11) is 0. The monoisotopic (exact) mass is 754 g/mol. The van der Waals surface area contributed by atoms with Crippen LogP contribution in [0.15, 0.2) is 0 Å². The van der Waals surface area contributed by atoms with Gasteiger partial charge in [-0.25, -0.2) is 4.79 Å². The maximum absolute atomic E-state index is 12.8. The van der Waals surface area contributed by atoms with Crippen molar-refractivity contribution in [1.29, 1.82) is 0 Å². The van der Waals surface area contributed by atoms with Gasteiger partial charge in [-0.2, -0.15) is 0 Å². The number of unbranched alkanes of at least 4 members (excludes halogenated alkanes) is 15. The molecule has 0 unspecified atom stereocenters. The lowest BCUT2D eigenvalue weighted by molar-refractivity contribution is -0.143. The topological polar surface area (TPSA) is 197 Å². The van der Waals surface area contributed by atoms with Crippen molar-refractivity contribution in [1.82, 2.24) is 16.0 Å². The SMILES string of the molecule is CC(=O)COCCOCCNC(=O)CC[C@@H](NC(=O)[C@H]1CC[C@H](CNC(=O)CCCCCCCCCCCCCCCCCCC(=O)O)CC1)C(=O)O. The molecule has 13 heteroatoms. The number of hydrogen-bond donors (Lipinski definition) is 5. The summed E-state index contributed by atoms with van der Waals surface area (Å²) in [6.45, 7) is 3.16. The van der Waals surface area contributed by atoms with Crippen LogP contribution in [0.3, 0.4) is 0 Å². The molecule has 5 N–H and O–H groups in total. The number of carboxylic acids is 2. The maximum Gasteiger partial charge on any atom is 0.326 e. The van der Waals surface area contributed by atoms with Crippen LogP contribution in [0.4, 0.5) is 0 Å². The Morgan fingerprint density at radius 2 is 1.09 bits per heavy atom. The Hall–Kier alpha value is -3.06. The normalized spacial score (nSPS) is 16.1. The quantitative estimate of drug-likeness (QED) is 0.0472. The van der Waals surface area contributed by atoms with Gasteiger partial charge in [0.05, 0.1) is 19.8 Å². The number of carboxylic acid groups (broad SMARTS) is 2. The fourth-order valence-corrected chi connectivity index (χ4v) is 6.62. The first kappa shape index (κ1) is 48.0. The number of nitrogens with one attached hydrogen (secondary N) is 3. The Kier molecular flexibility index (Phi) is 29.3. The van der Waals surface area contributed by atoms with Crippen LogP contribution in [0.5, 0.6) is 0 Å². The van der Waals surface area contributed by atoms with Gasteiger partial charge in [-0.05, 0) is 57.8 Å². The number of amides is 3. The fourth-order valence-electron chi connectivity index (χ4n) is 6.62. The van der Waals surface area contributed by atoms with E-state index in [9.17, 15) is 33.9 Å². The lowest BCUT2D eigenvalue weighted by Gasteiger charge is -2.28. The first-order valence-electron chi connectivity index (χ1n) is 20.5. The average molecular weight is 754 g/mol. The molecule has 1 aliphatic rings. The van der Waals surface area contributed by atoms with E-state index in [2.05, 4.69) is 16.0 Å². The summed E-state index contributed by atoms with van der Waals surface area (Å²) >= 11 is 0. The van der Waals surface area contributed by atoms with E-state index in [4.69, 9.17) is 14.6 Å². The number of carbonyl (C=O) groups excluding carboxylic acids is 4. The first-order chi connectivity index (χ1) is 25.6. The molecule has 1 aliphatic carbocycles. The number of ether oxygens (including phenoxy) is 2. The number of carbonyl (C=O) groups is 6. The van der Waals surface area contributed by atoms with Crippen LogP contribution in [0, 0.1) is 11.8 Å². The highest BCUT2D eigenvalue weighted by molar-refractivity contribution is 5.85. The van der Waals surface area contributed by atoms with Crippen molar-refractivity contribution >= 4 is 35.4 Å². The molecule has 1 atom stereocenters. The molecular formula is C40H71N3O10. The van der Waals surface area contributed by atoms with Crippen molar-refractivity contribution in [2.75, 3.05) is 39.5 Å². The lowest BCUT2D eigenvalue weighted by Crippen LogP contribution is -2.45. The van der Waals surface area contributed by atoms with E-state index in [1.807, 2.05) is 0 Å². The second-order valence-electron chi connectivity index (χ2n) is 14.7. The molecular weight excluding hydrogens is 682 g/mol. The van der Waals surface area contributed by atoms with Gasteiger partial charge in [-0.1, -0.05) is 89.9 Å². The van der Waals surface area contributed by atoms with Crippen LogP contribution in [-0.2, 0) is 38.2 Å². The van der Waals surface area contributed by atoms with E-state index in [1.165, 1.54) is 77.6 Å². The zero-order valence-electron chi connectivity index (χ0n) is 32.6. The Morgan fingerprint density at radius 3 is 1.60 bits per heavy atom. The third-order valence-electron chi connectivity index (χ3n) is 9.87. The van der Waals surface area contributed by atoms with E-state index in [0.29, 0.717) is 44.8 Å². The second-order valence-corrected chi connectivity index (χ2v) is 14.7. The van der Waals surface area contributed by atoms with Crippen molar-refractivity contribution in [2.45, 2.75) is 167 Å². The average Bonchev–Trinajstić information content (AvgIpc) is 3.12. The molecule has 0 bridgehead atoms. The van der Waals surface area contributed by atoms with Crippen molar-refractivity contribution in [3.63, 3.8) is 0 Å². The highest BCUT2D eigenvalue weighted by atomic mass is 16.5. The summed E-state index contributed by atoms with van der Waals surface area (Å²) in [5.41, 5.74) is 0. The van der Waals surface area contributed by atoms with Crippen LogP contribution in [0.25, 0.3) is 0 Å². The van der Waals surface area contributed by atoms with Crippen LogP contribution in [0.2, 0.25) is 0 Å². The smallest absolute Gasteiger partial charge is 0.326 e. The molecule has 0 radical (unpaired) electrons. The molecule has 0 spiro atoms. The Labute approximate surface area is 317 Å². The number of aliphatic carboxylic acids is 2. The van der Waals surface area contributed by atoms with E-state index < -0.39 is 18.0 Å². The summed E-state index contributed by atoms with van der Waals surface area (Å²) in [5.74, 6) is -2.45. The minimum atomic E-state index is -1.18. The van der Waals surface area contributed by atoms with Crippen molar-refractivity contribution < 1.29 is 48.5 Å². The van der Waals surface area contributed by atoms with E-state index in [0.717, 1.165) is 44.9 Å².